The Bertz CT molecular complexity index is 1760. The molecule has 0 aromatic carbocycles. The Hall–Kier alpha value is -2.70. The smallest absolute Gasteiger partial charge is 0.280 e. The molecule has 3 saturated heterocycles. The first-order chi connectivity index (χ1) is 19.3. The van der Waals surface area contributed by atoms with Crippen LogP contribution in [0.5, 0.6) is 0 Å². The fraction of sp³-hybridized carbons (Fsp3) is 0.524. The van der Waals surface area contributed by atoms with Crippen molar-refractivity contribution in [3.05, 3.63) is 39.7 Å². The Morgan fingerprint density at radius 1 is 1.05 bits per heavy atom. The lowest BCUT2D eigenvalue weighted by molar-refractivity contribution is -0.154. The Kier molecular flexibility index (Phi) is 6.55. The monoisotopic (exact) mass is 609 g/mol. The highest BCUT2D eigenvalue weighted by Crippen LogP contribution is 2.58. The van der Waals surface area contributed by atoms with Crippen LogP contribution in [0.15, 0.2) is 28.6 Å². The molecule has 16 nitrogen and oxygen atoms in total. The summed E-state index contributed by atoms with van der Waals surface area (Å²) in [6.45, 7) is 0.528. The van der Waals surface area contributed by atoms with Crippen molar-refractivity contribution in [2.24, 2.45) is 5.92 Å². The molecule has 4 aromatic heterocycles. The van der Waals surface area contributed by atoms with Gasteiger partial charge in [0.1, 0.15) is 12.3 Å². The topological polar surface area (TPSA) is 199 Å². The summed E-state index contributed by atoms with van der Waals surface area (Å²) in [5.74, 6) is -0.0103. The van der Waals surface area contributed by atoms with Gasteiger partial charge in [0.15, 0.2) is 34.8 Å². The van der Waals surface area contributed by atoms with Crippen molar-refractivity contribution in [1.29, 1.82) is 0 Å². The van der Waals surface area contributed by atoms with E-state index in [2.05, 4.69) is 42.2 Å². The minimum absolute atomic E-state index is 0.0386. The van der Waals surface area contributed by atoms with Gasteiger partial charge < -0.3 is 34.0 Å². The molecule has 40 heavy (non-hydrogen) atoms. The molecule has 3 aliphatic heterocycles. The normalized spacial score (nSPS) is 33.1. The number of H-pyrrole nitrogens is 2. The zero-order chi connectivity index (χ0) is 27.6. The number of hydrogen-bond acceptors (Lipinski definition) is 13. The number of aromatic amines is 2. The van der Waals surface area contributed by atoms with Crippen LogP contribution in [0, 0.1) is 5.92 Å². The first-order valence-electron chi connectivity index (χ1n) is 12.5. The standard InChI is InChI=1S/C21H24N9O7PS2/c22-21-27-17-15(19(32)28-21)26-8-30(17)20-10-4-13(36-20)33-2-1-9-3-12(35-11(9)5-34-38(39,40)37-10)29-7-25-14-16(29)23-6-24-18(14)31/h6-13,20H,1-5H2,(H,39,40)(H,23,24,31)(H3,22,27,28,32)/t9-,10+,11+,12+,13?,20+/m0/s1. The molecule has 2 unspecified atom stereocenters. The van der Waals surface area contributed by atoms with Crippen LogP contribution in [-0.4, -0.2) is 70.7 Å². The van der Waals surface area contributed by atoms with Gasteiger partial charge in [0.05, 0.1) is 38.3 Å². The average Bonchev–Trinajstić information content (AvgIpc) is 3.67. The van der Waals surface area contributed by atoms with Crippen LogP contribution in [0.3, 0.4) is 0 Å². The number of nitrogens with two attached hydrogens (primary N) is 1. The molecule has 3 fully saturated rings. The Morgan fingerprint density at radius 3 is 2.70 bits per heavy atom. The van der Waals surface area contributed by atoms with E-state index in [-0.39, 0.29) is 46.8 Å². The van der Waals surface area contributed by atoms with E-state index in [1.807, 2.05) is 0 Å². The largest absolute Gasteiger partial charge is 0.369 e. The molecule has 212 valence electrons. The van der Waals surface area contributed by atoms with Gasteiger partial charge in [-0.15, -0.1) is 0 Å². The van der Waals surface area contributed by atoms with Gasteiger partial charge in [-0.2, -0.15) is 4.98 Å². The lowest BCUT2D eigenvalue weighted by Crippen LogP contribution is -2.25. The number of fused-ring (bicyclic) bond motifs is 5. The molecule has 7 heterocycles. The number of imidazole rings is 2. The lowest BCUT2D eigenvalue weighted by atomic mass is 9.98. The summed E-state index contributed by atoms with van der Waals surface area (Å²) >= 11 is 10.2. The fourth-order valence-electron chi connectivity index (χ4n) is 5.41. The highest BCUT2D eigenvalue weighted by atomic mass is 32.9. The first kappa shape index (κ1) is 26.2. The van der Waals surface area contributed by atoms with E-state index in [0.717, 1.165) is 0 Å². The number of ether oxygens (including phenoxy) is 3. The van der Waals surface area contributed by atoms with Crippen LogP contribution in [0.25, 0.3) is 22.3 Å². The molecule has 3 aliphatic rings. The summed E-state index contributed by atoms with van der Waals surface area (Å²) in [5, 5.41) is 0. The molecular formula is C21H24N9O7PS2. The number of aromatic nitrogens is 8. The minimum atomic E-state index is -3.09. The van der Waals surface area contributed by atoms with E-state index in [1.54, 1.807) is 15.5 Å². The maximum Gasteiger partial charge on any atom is 0.280 e. The summed E-state index contributed by atoms with van der Waals surface area (Å²) in [7, 11) is 0. The number of nitrogens with zero attached hydrogens (tertiary/aromatic N) is 6. The zero-order valence-corrected chi connectivity index (χ0v) is 23.3. The Labute approximate surface area is 234 Å². The molecule has 7 rings (SSSR count). The van der Waals surface area contributed by atoms with Crippen molar-refractivity contribution in [3.63, 3.8) is 0 Å². The summed E-state index contributed by atoms with van der Waals surface area (Å²) in [5.41, 5.74) is 2.93. The van der Waals surface area contributed by atoms with Gasteiger partial charge in [0, 0.05) is 6.42 Å². The van der Waals surface area contributed by atoms with Crippen LogP contribution in [-0.2, 0) is 35.1 Å². The highest BCUT2D eigenvalue weighted by molar-refractivity contribution is 8.60. The van der Waals surface area contributed by atoms with Crippen molar-refractivity contribution in [3.8, 4) is 0 Å². The number of hydrogen-bond donors (Lipinski definition) is 4. The third-order valence-electron chi connectivity index (χ3n) is 7.26. The Morgan fingerprint density at radius 2 is 1.85 bits per heavy atom. The number of thiol groups is 1. The molecule has 0 amide bonds. The van der Waals surface area contributed by atoms with E-state index < -0.39 is 36.1 Å². The van der Waals surface area contributed by atoms with Crippen LogP contribution in [0.2, 0.25) is 0 Å². The molecule has 0 radical (unpaired) electrons. The van der Waals surface area contributed by atoms with E-state index in [4.69, 9.17) is 40.8 Å². The predicted molar refractivity (Wildman–Crippen MR) is 146 cm³/mol. The molecular weight excluding hydrogens is 585 g/mol. The summed E-state index contributed by atoms with van der Waals surface area (Å²) in [4.78, 5) is 46.2. The number of nitrogens with one attached hydrogen (secondary N) is 2. The summed E-state index contributed by atoms with van der Waals surface area (Å²) < 4.78 is 34.3. The van der Waals surface area contributed by atoms with Crippen molar-refractivity contribution in [1.82, 2.24) is 39.0 Å². The summed E-state index contributed by atoms with van der Waals surface area (Å²) in [6, 6.07) is 0. The molecule has 4 aromatic rings. The average molecular weight is 610 g/mol. The van der Waals surface area contributed by atoms with Gasteiger partial charge in [-0.3, -0.25) is 23.7 Å². The van der Waals surface area contributed by atoms with Gasteiger partial charge >= 0.3 is 0 Å². The van der Waals surface area contributed by atoms with Gasteiger partial charge in [0.2, 0.25) is 11.6 Å². The van der Waals surface area contributed by atoms with Crippen LogP contribution >= 0.6 is 17.9 Å². The maximum absolute atomic E-state index is 12.3. The molecule has 19 heteroatoms. The SMILES string of the molecule is Nc1nc2c(ncn2[C@@H]2OC3C[C@H]2OP(=S)(S)OC[C@H]2O[C@@H](n4cnc5c(=O)[nH]cnc54)C[C@@H]2CCO3)c(=O)[nH]1. The number of anilines is 1. The number of nitrogen functional groups attached to an aromatic ring is 1. The fourth-order valence-corrected chi connectivity index (χ4v) is 7.42. The van der Waals surface area contributed by atoms with Crippen molar-refractivity contribution >= 4 is 58.0 Å². The Balaban J connectivity index is 1.13. The third kappa shape index (κ3) is 4.67. The van der Waals surface area contributed by atoms with Crippen LogP contribution in [0.4, 0.5) is 5.95 Å². The van der Waals surface area contributed by atoms with Crippen LogP contribution < -0.4 is 16.9 Å². The van der Waals surface area contributed by atoms with E-state index in [0.29, 0.717) is 31.5 Å². The van der Waals surface area contributed by atoms with Crippen LogP contribution in [0.1, 0.15) is 31.7 Å². The zero-order valence-electron chi connectivity index (χ0n) is 20.7. The first-order valence-corrected chi connectivity index (χ1v) is 16.3. The second-order valence-corrected chi connectivity index (χ2v) is 15.0. The quantitative estimate of drug-likeness (QED) is 0.185. The van der Waals surface area contributed by atoms with Gasteiger partial charge in [-0.25, -0.2) is 15.0 Å². The second-order valence-electron chi connectivity index (χ2n) is 9.72. The maximum atomic E-state index is 12.3. The number of rotatable bonds is 2. The van der Waals surface area contributed by atoms with Crippen molar-refractivity contribution in [2.75, 3.05) is 18.9 Å². The van der Waals surface area contributed by atoms with Gasteiger partial charge in [-0.1, -0.05) is 12.2 Å². The van der Waals surface area contributed by atoms with Gasteiger partial charge in [-0.05, 0) is 30.6 Å². The molecule has 0 saturated carbocycles. The summed E-state index contributed by atoms with van der Waals surface area (Å²) in [6.07, 6.45) is 3.20. The molecule has 4 N–H and O–H groups in total. The van der Waals surface area contributed by atoms with E-state index in [9.17, 15) is 9.59 Å². The molecule has 2 bridgehead atoms. The van der Waals surface area contributed by atoms with Gasteiger partial charge in [0.25, 0.3) is 11.1 Å². The third-order valence-corrected chi connectivity index (χ3v) is 9.48. The van der Waals surface area contributed by atoms with E-state index in [1.165, 1.54) is 12.7 Å². The lowest BCUT2D eigenvalue weighted by Gasteiger charge is -2.27. The minimum Gasteiger partial charge on any atom is -0.369 e. The van der Waals surface area contributed by atoms with Crippen molar-refractivity contribution in [2.45, 2.75) is 50.2 Å². The van der Waals surface area contributed by atoms with Crippen molar-refractivity contribution < 1.29 is 23.3 Å². The highest BCUT2D eigenvalue weighted by Gasteiger charge is 2.44. The van der Waals surface area contributed by atoms with E-state index >= 15 is 0 Å². The molecule has 7 atom stereocenters. The predicted octanol–water partition coefficient (Wildman–Crippen LogP) is 0.960. The second kappa shape index (κ2) is 9.99. The molecule has 0 aliphatic carbocycles. The molecule has 0 spiro atoms.